The third-order valence-electron chi connectivity index (χ3n) is 3.03. The molecule has 3 nitrogen and oxygen atoms in total. The summed E-state index contributed by atoms with van der Waals surface area (Å²) in [6.07, 6.45) is 2.87. The van der Waals surface area contributed by atoms with Crippen LogP contribution in [0.1, 0.15) is 55.2 Å². The van der Waals surface area contributed by atoms with Crippen LogP contribution in [0.2, 0.25) is 0 Å². The van der Waals surface area contributed by atoms with Crippen molar-refractivity contribution in [3.8, 4) is 0 Å². The van der Waals surface area contributed by atoms with Gasteiger partial charge < -0.3 is 10.4 Å². The highest BCUT2D eigenvalue weighted by atomic mass is 32.1. The van der Waals surface area contributed by atoms with E-state index in [4.69, 9.17) is 5.11 Å². The van der Waals surface area contributed by atoms with Gasteiger partial charge >= 0.3 is 0 Å². The number of nitrogens with one attached hydrogen (secondary N) is 1. The van der Waals surface area contributed by atoms with Crippen molar-refractivity contribution >= 4 is 11.3 Å². The Morgan fingerprint density at radius 1 is 1.41 bits per heavy atom. The summed E-state index contributed by atoms with van der Waals surface area (Å²) in [7, 11) is 0. The first kappa shape index (κ1) is 14.6. The molecule has 4 heteroatoms. The van der Waals surface area contributed by atoms with E-state index in [1.54, 1.807) is 11.3 Å². The van der Waals surface area contributed by atoms with E-state index in [1.165, 1.54) is 9.88 Å². The molecular formula is C13H24N2OS. The van der Waals surface area contributed by atoms with Crippen molar-refractivity contribution in [2.45, 2.75) is 59.0 Å². The first-order valence-electron chi connectivity index (χ1n) is 6.45. The number of aromatic nitrogens is 1. The molecule has 0 radical (unpaired) electrons. The van der Waals surface area contributed by atoms with Crippen LogP contribution in [-0.2, 0) is 6.42 Å². The van der Waals surface area contributed by atoms with Gasteiger partial charge in [0.2, 0.25) is 0 Å². The third kappa shape index (κ3) is 4.05. The standard InChI is InChI=1S/C13H24N2OS/c1-5-11(7-8-16)14-9(3)13-10(4)15-12(6-2)17-13/h9,11,14,16H,5-8H2,1-4H3. The number of hydrogen-bond donors (Lipinski definition) is 2. The van der Waals surface area contributed by atoms with Crippen LogP contribution in [0, 0.1) is 6.92 Å². The molecule has 2 N–H and O–H groups in total. The molecule has 1 aromatic heterocycles. The van der Waals surface area contributed by atoms with Crippen LogP contribution >= 0.6 is 11.3 Å². The molecule has 0 amide bonds. The molecule has 0 aliphatic heterocycles. The van der Waals surface area contributed by atoms with E-state index in [1.807, 2.05) is 0 Å². The van der Waals surface area contributed by atoms with Gasteiger partial charge in [-0.2, -0.15) is 0 Å². The van der Waals surface area contributed by atoms with Crippen molar-refractivity contribution in [2.24, 2.45) is 0 Å². The Labute approximate surface area is 108 Å². The van der Waals surface area contributed by atoms with Crippen LogP contribution in [0.25, 0.3) is 0 Å². The summed E-state index contributed by atoms with van der Waals surface area (Å²) in [4.78, 5) is 5.89. The van der Waals surface area contributed by atoms with Gasteiger partial charge in [-0.15, -0.1) is 11.3 Å². The van der Waals surface area contributed by atoms with Crippen molar-refractivity contribution in [1.29, 1.82) is 0 Å². The average Bonchev–Trinajstić information content (AvgIpc) is 2.70. The highest BCUT2D eigenvalue weighted by molar-refractivity contribution is 7.11. The SMILES string of the molecule is CCc1nc(C)c(C(C)NC(CC)CCO)s1. The molecule has 0 aliphatic carbocycles. The topological polar surface area (TPSA) is 45.2 Å². The highest BCUT2D eigenvalue weighted by Crippen LogP contribution is 2.26. The number of nitrogens with zero attached hydrogens (tertiary/aromatic N) is 1. The quantitative estimate of drug-likeness (QED) is 0.788. The zero-order valence-electron chi connectivity index (χ0n) is 11.3. The Hall–Kier alpha value is -0.450. The number of hydrogen-bond acceptors (Lipinski definition) is 4. The van der Waals surface area contributed by atoms with Gasteiger partial charge in [-0.25, -0.2) is 4.98 Å². The summed E-state index contributed by atoms with van der Waals surface area (Å²) in [6, 6.07) is 0.714. The van der Waals surface area contributed by atoms with Crippen molar-refractivity contribution in [1.82, 2.24) is 10.3 Å². The highest BCUT2D eigenvalue weighted by Gasteiger charge is 2.16. The fourth-order valence-corrected chi connectivity index (χ4v) is 3.03. The lowest BCUT2D eigenvalue weighted by atomic mass is 10.1. The van der Waals surface area contributed by atoms with Gasteiger partial charge in [0.1, 0.15) is 0 Å². The zero-order chi connectivity index (χ0) is 12.8. The Morgan fingerprint density at radius 2 is 2.12 bits per heavy atom. The van der Waals surface area contributed by atoms with E-state index in [-0.39, 0.29) is 6.61 Å². The molecule has 1 rings (SSSR count). The first-order valence-corrected chi connectivity index (χ1v) is 7.27. The van der Waals surface area contributed by atoms with Crippen LogP contribution < -0.4 is 5.32 Å². The van der Waals surface area contributed by atoms with Crippen LogP contribution in [0.3, 0.4) is 0 Å². The monoisotopic (exact) mass is 256 g/mol. The van der Waals surface area contributed by atoms with Gasteiger partial charge in [-0.05, 0) is 33.1 Å². The molecule has 17 heavy (non-hydrogen) atoms. The summed E-state index contributed by atoms with van der Waals surface area (Å²) in [5, 5.41) is 13.8. The van der Waals surface area contributed by atoms with Crippen molar-refractivity contribution in [2.75, 3.05) is 6.61 Å². The largest absolute Gasteiger partial charge is 0.396 e. The Balaban J connectivity index is 2.67. The summed E-state index contributed by atoms with van der Waals surface area (Å²) in [5.41, 5.74) is 1.14. The number of aliphatic hydroxyl groups is 1. The lowest BCUT2D eigenvalue weighted by Gasteiger charge is -2.21. The third-order valence-corrected chi connectivity index (χ3v) is 4.51. The maximum atomic E-state index is 9.00. The minimum Gasteiger partial charge on any atom is -0.396 e. The summed E-state index contributed by atoms with van der Waals surface area (Å²) < 4.78 is 0. The maximum Gasteiger partial charge on any atom is 0.0928 e. The van der Waals surface area contributed by atoms with Crippen molar-refractivity contribution in [3.63, 3.8) is 0 Å². The Morgan fingerprint density at radius 3 is 2.59 bits per heavy atom. The molecule has 1 aromatic rings. The summed E-state index contributed by atoms with van der Waals surface area (Å²) in [5.74, 6) is 0. The van der Waals surface area contributed by atoms with Crippen LogP contribution in [-0.4, -0.2) is 22.7 Å². The second kappa shape index (κ2) is 7.09. The van der Waals surface area contributed by atoms with Gasteiger partial charge in [-0.3, -0.25) is 0 Å². The second-order valence-electron chi connectivity index (χ2n) is 4.42. The molecule has 0 spiro atoms. The molecule has 2 unspecified atom stereocenters. The molecule has 2 atom stereocenters. The number of aryl methyl sites for hydroxylation is 2. The second-order valence-corrected chi connectivity index (χ2v) is 5.53. The van der Waals surface area contributed by atoms with E-state index in [9.17, 15) is 0 Å². The van der Waals surface area contributed by atoms with E-state index in [0.29, 0.717) is 12.1 Å². The summed E-state index contributed by atoms with van der Waals surface area (Å²) >= 11 is 1.80. The van der Waals surface area contributed by atoms with Gasteiger partial charge in [0.25, 0.3) is 0 Å². The van der Waals surface area contributed by atoms with Gasteiger partial charge in [-0.1, -0.05) is 13.8 Å². The van der Waals surface area contributed by atoms with Crippen LogP contribution in [0.15, 0.2) is 0 Å². The molecule has 0 aromatic carbocycles. The van der Waals surface area contributed by atoms with Gasteiger partial charge in [0.15, 0.2) is 0 Å². The Kier molecular flexibility index (Phi) is 6.09. The zero-order valence-corrected chi connectivity index (χ0v) is 12.1. The lowest BCUT2D eigenvalue weighted by molar-refractivity contribution is 0.257. The smallest absolute Gasteiger partial charge is 0.0928 e. The van der Waals surface area contributed by atoms with E-state index < -0.39 is 0 Å². The average molecular weight is 256 g/mol. The molecule has 0 saturated carbocycles. The number of thiazole rings is 1. The van der Waals surface area contributed by atoms with Crippen molar-refractivity contribution < 1.29 is 5.11 Å². The lowest BCUT2D eigenvalue weighted by Crippen LogP contribution is -2.31. The van der Waals surface area contributed by atoms with E-state index in [0.717, 1.165) is 25.0 Å². The van der Waals surface area contributed by atoms with Gasteiger partial charge in [0.05, 0.1) is 10.7 Å². The molecule has 0 fully saturated rings. The Bertz CT molecular complexity index is 338. The van der Waals surface area contributed by atoms with Crippen LogP contribution in [0.4, 0.5) is 0 Å². The van der Waals surface area contributed by atoms with Crippen molar-refractivity contribution in [3.05, 3.63) is 15.6 Å². The fourth-order valence-electron chi connectivity index (χ4n) is 2.01. The molecule has 98 valence electrons. The minimum absolute atomic E-state index is 0.250. The predicted octanol–water partition coefficient (Wildman–Crippen LogP) is 2.83. The number of rotatable bonds is 7. The molecule has 0 aliphatic rings. The molecule has 0 saturated heterocycles. The molecule has 0 bridgehead atoms. The predicted molar refractivity (Wildman–Crippen MR) is 73.6 cm³/mol. The first-order chi connectivity index (χ1) is 8.12. The van der Waals surface area contributed by atoms with E-state index in [2.05, 4.69) is 38.0 Å². The van der Waals surface area contributed by atoms with Gasteiger partial charge in [0, 0.05) is 23.6 Å². The molecule has 1 heterocycles. The maximum absolute atomic E-state index is 9.00. The molecular weight excluding hydrogens is 232 g/mol. The summed E-state index contributed by atoms with van der Waals surface area (Å²) in [6.45, 7) is 8.80. The minimum atomic E-state index is 0.250. The normalized spacial score (nSPS) is 14.9. The van der Waals surface area contributed by atoms with E-state index >= 15 is 0 Å². The van der Waals surface area contributed by atoms with Crippen LogP contribution in [0.5, 0.6) is 0 Å². The number of aliphatic hydroxyl groups excluding tert-OH is 1. The fraction of sp³-hybridized carbons (Fsp3) is 0.769.